The minimum atomic E-state index is -0.247. The molecule has 1 aromatic heterocycles. The molecule has 3 rings (SSSR count). The first-order chi connectivity index (χ1) is 12.1. The number of carbonyl (C=O) groups excluding carboxylic acids is 2. The Morgan fingerprint density at radius 3 is 2.80 bits per heavy atom. The standard InChI is InChI=1S/C17H27N5O3/c1-3-25-14-8-13(17(14)6-4-5-7-17)21(2)16(24)9-19-15(23)10-22-12-18-11-20-22/h11-14H,3-10H2,1-2H3,(H,19,23)/t13-,14-/m1/s1. The second kappa shape index (κ2) is 7.51. The molecule has 1 aromatic rings. The molecule has 138 valence electrons. The Balaban J connectivity index is 1.51. The van der Waals surface area contributed by atoms with Crippen molar-refractivity contribution in [3.8, 4) is 0 Å². The van der Waals surface area contributed by atoms with Gasteiger partial charge in [-0.3, -0.25) is 9.59 Å². The molecule has 1 spiro atoms. The molecule has 0 unspecified atom stereocenters. The Morgan fingerprint density at radius 1 is 1.40 bits per heavy atom. The van der Waals surface area contributed by atoms with E-state index in [2.05, 4.69) is 15.4 Å². The second-order valence-electron chi connectivity index (χ2n) is 7.01. The van der Waals surface area contributed by atoms with Crippen molar-refractivity contribution in [1.29, 1.82) is 0 Å². The van der Waals surface area contributed by atoms with Gasteiger partial charge in [-0.1, -0.05) is 12.8 Å². The summed E-state index contributed by atoms with van der Waals surface area (Å²) in [5, 5.41) is 6.55. The van der Waals surface area contributed by atoms with Gasteiger partial charge in [-0.15, -0.1) is 0 Å². The van der Waals surface area contributed by atoms with Gasteiger partial charge in [0.25, 0.3) is 0 Å². The van der Waals surface area contributed by atoms with E-state index in [4.69, 9.17) is 4.74 Å². The van der Waals surface area contributed by atoms with Crippen LogP contribution in [0, 0.1) is 5.41 Å². The molecule has 2 atom stereocenters. The van der Waals surface area contributed by atoms with Crippen LogP contribution in [0.15, 0.2) is 12.7 Å². The normalized spacial score (nSPS) is 24.1. The van der Waals surface area contributed by atoms with Crippen LogP contribution in [-0.4, -0.2) is 63.8 Å². The third kappa shape index (κ3) is 3.53. The number of rotatable bonds is 7. The van der Waals surface area contributed by atoms with Gasteiger partial charge in [0.1, 0.15) is 19.2 Å². The van der Waals surface area contributed by atoms with E-state index in [-0.39, 0.29) is 42.5 Å². The number of nitrogens with one attached hydrogen (secondary N) is 1. The van der Waals surface area contributed by atoms with Crippen LogP contribution in [0.3, 0.4) is 0 Å². The van der Waals surface area contributed by atoms with Crippen LogP contribution in [0.2, 0.25) is 0 Å². The lowest BCUT2D eigenvalue weighted by atomic mass is 9.60. The van der Waals surface area contributed by atoms with Gasteiger partial charge in [-0.05, 0) is 26.2 Å². The summed E-state index contributed by atoms with van der Waals surface area (Å²) in [7, 11) is 1.85. The number of amides is 2. The SMILES string of the molecule is CCO[C@@H]1C[C@@H](N(C)C(=O)CNC(=O)Cn2cncn2)C12CCCC2. The summed E-state index contributed by atoms with van der Waals surface area (Å²) in [6, 6.07) is 0.214. The van der Waals surface area contributed by atoms with Crippen molar-refractivity contribution in [2.24, 2.45) is 5.41 Å². The number of hydrogen-bond donors (Lipinski definition) is 1. The van der Waals surface area contributed by atoms with Crippen LogP contribution >= 0.6 is 0 Å². The summed E-state index contributed by atoms with van der Waals surface area (Å²) >= 11 is 0. The second-order valence-corrected chi connectivity index (χ2v) is 7.01. The molecule has 2 aliphatic rings. The van der Waals surface area contributed by atoms with Crippen LogP contribution < -0.4 is 5.32 Å². The fraction of sp³-hybridized carbons (Fsp3) is 0.765. The van der Waals surface area contributed by atoms with E-state index in [1.54, 1.807) is 0 Å². The highest BCUT2D eigenvalue weighted by Crippen LogP contribution is 2.56. The Bertz CT molecular complexity index is 597. The van der Waals surface area contributed by atoms with Crippen molar-refractivity contribution in [2.45, 2.75) is 57.7 Å². The average Bonchev–Trinajstić information content (AvgIpc) is 3.28. The smallest absolute Gasteiger partial charge is 0.242 e. The van der Waals surface area contributed by atoms with Crippen molar-refractivity contribution >= 4 is 11.8 Å². The minimum Gasteiger partial charge on any atom is -0.378 e. The molecule has 2 saturated carbocycles. The highest BCUT2D eigenvalue weighted by molar-refractivity contribution is 5.84. The lowest BCUT2D eigenvalue weighted by molar-refractivity contribution is -0.172. The van der Waals surface area contributed by atoms with Crippen molar-refractivity contribution in [3.05, 3.63) is 12.7 Å². The van der Waals surface area contributed by atoms with Gasteiger partial charge in [0.05, 0.1) is 12.6 Å². The van der Waals surface area contributed by atoms with Gasteiger partial charge >= 0.3 is 0 Å². The van der Waals surface area contributed by atoms with Gasteiger partial charge in [-0.2, -0.15) is 5.10 Å². The molecule has 25 heavy (non-hydrogen) atoms. The van der Waals surface area contributed by atoms with Crippen molar-refractivity contribution < 1.29 is 14.3 Å². The molecule has 2 fully saturated rings. The zero-order valence-electron chi connectivity index (χ0n) is 15.0. The van der Waals surface area contributed by atoms with Gasteiger partial charge in [-0.25, -0.2) is 9.67 Å². The minimum absolute atomic E-state index is 0.00983. The molecule has 8 nitrogen and oxygen atoms in total. The molecular weight excluding hydrogens is 322 g/mol. The first-order valence-electron chi connectivity index (χ1n) is 9.03. The first-order valence-corrected chi connectivity index (χ1v) is 9.03. The van der Waals surface area contributed by atoms with Crippen molar-refractivity contribution in [1.82, 2.24) is 25.0 Å². The molecule has 0 saturated heterocycles. The molecule has 8 heteroatoms. The average molecular weight is 349 g/mol. The van der Waals surface area contributed by atoms with Gasteiger partial charge < -0.3 is 15.0 Å². The van der Waals surface area contributed by atoms with Gasteiger partial charge in [0.2, 0.25) is 11.8 Å². The maximum Gasteiger partial charge on any atom is 0.242 e. The molecule has 2 amide bonds. The monoisotopic (exact) mass is 349 g/mol. The lowest BCUT2D eigenvalue weighted by Crippen LogP contribution is -2.64. The van der Waals surface area contributed by atoms with Crippen LogP contribution in [0.5, 0.6) is 0 Å². The van der Waals surface area contributed by atoms with Crippen LogP contribution in [0.4, 0.5) is 0 Å². The quantitative estimate of drug-likeness (QED) is 0.778. The Morgan fingerprint density at radius 2 is 2.16 bits per heavy atom. The number of ether oxygens (including phenoxy) is 1. The molecule has 0 radical (unpaired) electrons. The van der Waals surface area contributed by atoms with Gasteiger partial charge in [0.15, 0.2) is 0 Å². The molecule has 2 aliphatic carbocycles. The van der Waals surface area contributed by atoms with E-state index >= 15 is 0 Å². The molecule has 1 heterocycles. The first kappa shape index (κ1) is 17.8. The highest BCUT2D eigenvalue weighted by Gasteiger charge is 2.58. The van der Waals surface area contributed by atoms with Gasteiger partial charge in [0, 0.05) is 25.1 Å². The third-order valence-corrected chi connectivity index (χ3v) is 5.71. The van der Waals surface area contributed by atoms with Crippen LogP contribution in [-0.2, 0) is 20.9 Å². The van der Waals surface area contributed by atoms with E-state index in [0.717, 1.165) is 25.9 Å². The van der Waals surface area contributed by atoms with E-state index in [1.807, 2.05) is 18.9 Å². The summed E-state index contributed by atoms with van der Waals surface area (Å²) in [6.45, 7) is 2.82. The molecule has 1 N–H and O–H groups in total. The van der Waals surface area contributed by atoms with E-state index in [1.165, 1.54) is 30.2 Å². The number of hydrogen-bond acceptors (Lipinski definition) is 5. The van der Waals surface area contributed by atoms with E-state index in [9.17, 15) is 9.59 Å². The fourth-order valence-electron chi connectivity index (χ4n) is 4.38. The number of likely N-dealkylation sites (N-methyl/N-ethyl adjacent to an activating group) is 1. The molecular formula is C17H27N5O3. The topological polar surface area (TPSA) is 89.4 Å². The van der Waals surface area contributed by atoms with E-state index in [0.29, 0.717) is 0 Å². The molecule has 0 aliphatic heterocycles. The Labute approximate surface area is 147 Å². The van der Waals surface area contributed by atoms with Crippen LogP contribution in [0.1, 0.15) is 39.0 Å². The zero-order valence-corrected chi connectivity index (χ0v) is 15.0. The predicted molar refractivity (Wildman–Crippen MR) is 90.5 cm³/mol. The molecule has 0 aromatic carbocycles. The molecule has 0 bridgehead atoms. The summed E-state index contributed by atoms with van der Waals surface area (Å²) in [5.41, 5.74) is 0.116. The number of nitrogens with zero attached hydrogens (tertiary/aromatic N) is 4. The summed E-state index contributed by atoms with van der Waals surface area (Å²) in [4.78, 5) is 30.0. The van der Waals surface area contributed by atoms with E-state index < -0.39 is 0 Å². The van der Waals surface area contributed by atoms with Crippen molar-refractivity contribution in [3.63, 3.8) is 0 Å². The predicted octanol–water partition coefficient (Wildman–Crippen LogP) is 0.591. The fourth-order valence-corrected chi connectivity index (χ4v) is 4.38. The summed E-state index contributed by atoms with van der Waals surface area (Å²) < 4.78 is 7.34. The highest BCUT2D eigenvalue weighted by atomic mass is 16.5. The third-order valence-electron chi connectivity index (χ3n) is 5.71. The Hall–Kier alpha value is -1.96. The maximum absolute atomic E-state index is 12.5. The number of aromatic nitrogens is 3. The zero-order chi connectivity index (χ0) is 17.9. The van der Waals surface area contributed by atoms with Crippen LogP contribution in [0.25, 0.3) is 0 Å². The summed E-state index contributed by atoms with van der Waals surface area (Å²) in [6.07, 6.45) is 8.66. The van der Waals surface area contributed by atoms with Crippen molar-refractivity contribution in [2.75, 3.05) is 20.2 Å². The maximum atomic E-state index is 12.5. The summed E-state index contributed by atoms with van der Waals surface area (Å²) in [5.74, 6) is -0.304. The largest absolute Gasteiger partial charge is 0.378 e. The lowest BCUT2D eigenvalue weighted by Gasteiger charge is -2.57. The number of carbonyl (C=O) groups is 2. The Kier molecular flexibility index (Phi) is 5.36.